The summed E-state index contributed by atoms with van der Waals surface area (Å²) in [6, 6.07) is 4.38. The molecular weight excluding hydrogens is 326 g/mol. The normalized spacial score (nSPS) is 17.5. The molecule has 1 saturated heterocycles. The first-order valence-corrected chi connectivity index (χ1v) is 9.64. The van der Waals surface area contributed by atoms with Gasteiger partial charge in [-0.25, -0.2) is 0 Å². The third-order valence-corrected chi connectivity index (χ3v) is 5.38. The highest BCUT2D eigenvalue weighted by atomic mass is 16.3. The topological polar surface area (TPSA) is 48.7 Å². The average Bonchev–Trinajstić information content (AvgIpc) is 2.98. The van der Waals surface area contributed by atoms with E-state index in [1.54, 1.807) is 6.26 Å². The van der Waals surface area contributed by atoms with Crippen LogP contribution in [-0.4, -0.2) is 61.5 Å². The van der Waals surface area contributed by atoms with Gasteiger partial charge in [-0.15, -0.1) is 0 Å². The van der Waals surface area contributed by atoms with E-state index in [1.165, 1.54) is 11.1 Å². The molecule has 1 aromatic heterocycles. The summed E-state index contributed by atoms with van der Waals surface area (Å²) in [6.45, 7) is 11.6. The quantitative estimate of drug-likeness (QED) is 0.864. The minimum atomic E-state index is 0.0775. The fourth-order valence-electron chi connectivity index (χ4n) is 3.83. The summed E-state index contributed by atoms with van der Waals surface area (Å²) < 4.78 is 5.68. The number of rotatable bonds is 6. The van der Waals surface area contributed by atoms with E-state index in [0.717, 1.165) is 55.7 Å². The Bertz CT molecular complexity index is 760. The number of amides is 1. The monoisotopic (exact) mass is 357 g/mol. The van der Waals surface area contributed by atoms with Gasteiger partial charge in [0.1, 0.15) is 5.58 Å². The fraction of sp³-hybridized carbons (Fsp3) is 0.571. The van der Waals surface area contributed by atoms with Crippen molar-refractivity contribution < 1.29 is 9.21 Å². The lowest BCUT2D eigenvalue weighted by atomic mass is 10.0. The first-order chi connectivity index (χ1) is 12.5. The van der Waals surface area contributed by atoms with Crippen molar-refractivity contribution in [3.8, 4) is 0 Å². The molecule has 5 nitrogen and oxygen atoms in total. The second-order valence-electron chi connectivity index (χ2n) is 7.67. The van der Waals surface area contributed by atoms with Crippen LogP contribution in [0, 0.1) is 13.8 Å². The maximum Gasteiger partial charge on any atom is 0.224 e. The van der Waals surface area contributed by atoms with Gasteiger partial charge in [-0.05, 0) is 44.5 Å². The molecule has 1 fully saturated rings. The summed E-state index contributed by atoms with van der Waals surface area (Å²) in [6.07, 6.45) is 3.05. The molecule has 0 saturated carbocycles. The van der Waals surface area contributed by atoms with Crippen LogP contribution in [0.25, 0.3) is 11.0 Å². The number of carbonyl (C=O) groups is 1. The Morgan fingerprint density at radius 3 is 2.65 bits per heavy atom. The maximum absolute atomic E-state index is 12.6. The van der Waals surface area contributed by atoms with Gasteiger partial charge in [0.25, 0.3) is 0 Å². The lowest BCUT2D eigenvalue weighted by molar-refractivity contribution is -0.121. The van der Waals surface area contributed by atoms with Crippen molar-refractivity contribution in [1.29, 1.82) is 0 Å². The van der Waals surface area contributed by atoms with Crippen LogP contribution in [0.2, 0.25) is 0 Å². The van der Waals surface area contributed by atoms with E-state index in [-0.39, 0.29) is 11.9 Å². The molecule has 0 spiro atoms. The number of hydrogen-bond donors (Lipinski definition) is 1. The van der Waals surface area contributed by atoms with E-state index >= 15 is 0 Å². The van der Waals surface area contributed by atoms with Crippen molar-refractivity contribution in [2.75, 3.05) is 39.8 Å². The third kappa shape index (κ3) is 4.46. The highest BCUT2D eigenvalue weighted by Crippen LogP contribution is 2.26. The molecule has 0 bridgehead atoms. The smallest absolute Gasteiger partial charge is 0.224 e. The Morgan fingerprint density at radius 2 is 1.96 bits per heavy atom. The van der Waals surface area contributed by atoms with Gasteiger partial charge < -0.3 is 14.6 Å². The molecule has 2 heterocycles. The first-order valence-electron chi connectivity index (χ1n) is 9.64. The Labute approximate surface area is 156 Å². The standard InChI is InChI=1S/C21H31N3O2/c1-5-18(13-24-8-6-23(4)7-9-24)22-20(25)12-17-14-26-19-11-15(2)10-16(3)21(17)19/h10-11,14,18H,5-9,12-13H2,1-4H3,(H,22,25)/t18-/m0/s1. The summed E-state index contributed by atoms with van der Waals surface area (Å²) in [5.41, 5.74) is 4.19. The number of aryl methyl sites for hydroxylation is 2. The van der Waals surface area contributed by atoms with E-state index in [0.29, 0.717) is 6.42 Å². The molecule has 1 aliphatic rings. The van der Waals surface area contributed by atoms with Gasteiger partial charge in [-0.2, -0.15) is 0 Å². The number of furan rings is 1. The van der Waals surface area contributed by atoms with Crippen molar-refractivity contribution in [1.82, 2.24) is 15.1 Å². The van der Waals surface area contributed by atoms with Crippen molar-refractivity contribution in [3.63, 3.8) is 0 Å². The summed E-state index contributed by atoms with van der Waals surface area (Å²) in [4.78, 5) is 17.4. The molecule has 0 aliphatic carbocycles. The molecule has 1 aliphatic heterocycles. The summed E-state index contributed by atoms with van der Waals surface area (Å²) in [5.74, 6) is 0.0775. The SMILES string of the molecule is CC[C@@H](CN1CCN(C)CC1)NC(=O)Cc1coc2cc(C)cc(C)c12. The van der Waals surface area contributed by atoms with Crippen molar-refractivity contribution in [2.24, 2.45) is 0 Å². The number of likely N-dealkylation sites (N-methyl/N-ethyl adjacent to an activating group) is 1. The number of piperazine rings is 1. The highest BCUT2D eigenvalue weighted by Gasteiger charge is 2.20. The van der Waals surface area contributed by atoms with Crippen LogP contribution >= 0.6 is 0 Å². The number of carbonyl (C=O) groups excluding carboxylic acids is 1. The van der Waals surface area contributed by atoms with Crippen molar-refractivity contribution in [3.05, 3.63) is 35.1 Å². The molecule has 142 valence electrons. The van der Waals surface area contributed by atoms with Crippen LogP contribution in [0.15, 0.2) is 22.8 Å². The van der Waals surface area contributed by atoms with E-state index < -0.39 is 0 Å². The summed E-state index contributed by atoms with van der Waals surface area (Å²) >= 11 is 0. The minimum Gasteiger partial charge on any atom is -0.464 e. The molecule has 3 rings (SSSR count). The van der Waals surface area contributed by atoms with E-state index in [4.69, 9.17) is 4.42 Å². The molecule has 0 unspecified atom stereocenters. The zero-order valence-corrected chi connectivity index (χ0v) is 16.5. The molecular formula is C21H31N3O2. The van der Waals surface area contributed by atoms with Gasteiger partial charge in [-0.3, -0.25) is 9.69 Å². The van der Waals surface area contributed by atoms with Gasteiger partial charge in [0.05, 0.1) is 12.7 Å². The summed E-state index contributed by atoms with van der Waals surface area (Å²) in [7, 11) is 2.16. The molecule has 26 heavy (non-hydrogen) atoms. The molecule has 0 radical (unpaired) electrons. The van der Waals surface area contributed by atoms with Gasteiger partial charge in [0.15, 0.2) is 0 Å². The first kappa shape index (κ1) is 18.9. The van der Waals surface area contributed by atoms with Gasteiger partial charge in [0, 0.05) is 49.7 Å². The number of hydrogen-bond acceptors (Lipinski definition) is 4. The fourth-order valence-corrected chi connectivity index (χ4v) is 3.83. The second-order valence-corrected chi connectivity index (χ2v) is 7.67. The predicted octanol–water partition coefficient (Wildman–Crippen LogP) is 2.73. The molecule has 1 atom stereocenters. The van der Waals surface area contributed by atoms with Crippen LogP contribution in [0.5, 0.6) is 0 Å². The van der Waals surface area contributed by atoms with Crippen molar-refractivity contribution >= 4 is 16.9 Å². The number of fused-ring (bicyclic) bond motifs is 1. The molecule has 2 aromatic rings. The Hall–Kier alpha value is -1.85. The molecule has 1 amide bonds. The van der Waals surface area contributed by atoms with Crippen LogP contribution in [0.1, 0.15) is 30.0 Å². The van der Waals surface area contributed by atoms with E-state index in [9.17, 15) is 4.79 Å². The number of nitrogens with one attached hydrogen (secondary N) is 1. The van der Waals surface area contributed by atoms with Crippen LogP contribution in [-0.2, 0) is 11.2 Å². The Kier molecular flexibility index (Phi) is 5.99. The van der Waals surface area contributed by atoms with E-state index in [1.807, 2.05) is 6.07 Å². The van der Waals surface area contributed by atoms with Gasteiger partial charge in [-0.1, -0.05) is 13.0 Å². The lowest BCUT2D eigenvalue weighted by Gasteiger charge is -2.34. The third-order valence-electron chi connectivity index (χ3n) is 5.38. The van der Waals surface area contributed by atoms with Crippen molar-refractivity contribution in [2.45, 2.75) is 39.7 Å². The van der Waals surface area contributed by atoms with Gasteiger partial charge >= 0.3 is 0 Å². The predicted molar refractivity (Wildman–Crippen MR) is 106 cm³/mol. The summed E-state index contributed by atoms with van der Waals surface area (Å²) in [5, 5.41) is 4.30. The number of nitrogens with zero attached hydrogens (tertiary/aromatic N) is 2. The molecule has 1 aromatic carbocycles. The lowest BCUT2D eigenvalue weighted by Crippen LogP contribution is -2.50. The zero-order chi connectivity index (χ0) is 18.7. The highest BCUT2D eigenvalue weighted by molar-refractivity contribution is 5.90. The van der Waals surface area contributed by atoms with Gasteiger partial charge in [0.2, 0.25) is 5.91 Å². The average molecular weight is 357 g/mol. The Morgan fingerprint density at radius 1 is 1.23 bits per heavy atom. The Balaban J connectivity index is 1.61. The largest absolute Gasteiger partial charge is 0.464 e. The number of benzene rings is 1. The van der Waals surface area contributed by atoms with Crippen LogP contribution in [0.3, 0.4) is 0 Å². The maximum atomic E-state index is 12.6. The zero-order valence-electron chi connectivity index (χ0n) is 16.5. The molecule has 5 heteroatoms. The second kappa shape index (κ2) is 8.23. The van der Waals surface area contributed by atoms with Crippen LogP contribution < -0.4 is 5.32 Å². The van der Waals surface area contributed by atoms with E-state index in [2.05, 4.69) is 49.0 Å². The van der Waals surface area contributed by atoms with Crippen LogP contribution in [0.4, 0.5) is 0 Å². The minimum absolute atomic E-state index is 0.0775. The molecule has 1 N–H and O–H groups in total.